The fourth-order valence-electron chi connectivity index (χ4n) is 2.46. The first-order chi connectivity index (χ1) is 10.4. The van der Waals surface area contributed by atoms with E-state index in [4.69, 9.17) is 10.00 Å². The molecule has 0 amide bonds. The van der Waals surface area contributed by atoms with Crippen LogP contribution in [0.25, 0.3) is 0 Å². The second-order valence-electron chi connectivity index (χ2n) is 5.03. The molecule has 0 aliphatic carbocycles. The van der Waals surface area contributed by atoms with Crippen LogP contribution in [0.4, 0.5) is 0 Å². The van der Waals surface area contributed by atoms with Crippen molar-refractivity contribution in [3.8, 4) is 11.8 Å². The molecule has 1 aliphatic heterocycles. The number of hydrogen-bond donors (Lipinski definition) is 0. The number of rotatable bonds is 5. The molecule has 0 radical (unpaired) electrons. The maximum atomic E-state index is 9.00. The first-order valence-corrected chi connectivity index (χ1v) is 7.08. The van der Waals surface area contributed by atoms with Gasteiger partial charge in [0.25, 0.3) is 0 Å². The highest BCUT2D eigenvalue weighted by Crippen LogP contribution is 2.17. The summed E-state index contributed by atoms with van der Waals surface area (Å²) in [5, 5.41) is 17.0. The molecule has 1 aliphatic rings. The largest absolute Gasteiger partial charge is 0.492 e. The minimum absolute atomic E-state index is 0.587. The monoisotopic (exact) mass is 283 g/mol. The number of ether oxygens (including phenoxy) is 1. The molecule has 6 nitrogen and oxygen atoms in total. The van der Waals surface area contributed by atoms with Gasteiger partial charge in [0, 0.05) is 19.6 Å². The van der Waals surface area contributed by atoms with Gasteiger partial charge in [-0.25, -0.2) is 0 Å². The van der Waals surface area contributed by atoms with Crippen LogP contribution < -0.4 is 4.74 Å². The third-order valence-corrected chi connectivity index (χ3v) is 3.60. The minimum Gasteiger partial charge on any atom is -0.492 e. The Morgan fingerprint density at radius 2 is 2.19 bits per heavy atom. The fraction of sp³-hybridized carbons (Fsp3) is 0.400. The van der Waals surface area contributed by atoms with Crippen molar-refractivity contribution in [2.45, 2.75) is 19.5 Å². The molecule has 3 rings (SSSR count). The first-order valence-electron chi connectivity index (χ1n) is 7.08. The maximum absolute atomic E-state index is 9.00. The lowest BCUT2D eigenvalue weighted by Gasteiger charge is -2.26. The smallest absolute Gasteiger partial charge is 0.147 e. The number of fused-ring (bicyclic) bond motifs is 1. The highest BCUT2D eigenvalue weighted by atomic mass is 16.5. The molecule has 0 unspecified atom stereocenters. The van der Waals surface area contributed by atoms with Crippen molar-refractivity contribution in [2.24, 2.45) is 0 Å². The van der Waals surface area contributed by atoms with E-state index in [1.165, 1.54) is 0 Å². The molecular weight excluding hydrogens is 266 g/mol. The van der Waals surface area contributed by atoms with Gasteiger partial charge in [-0.1, -0.05) is 12.1 Å². The molecule has 0 atom stereocenters. The van der Waals surface area contributed by atoms with Crippen LogP contribution >= 0.6 is 0 Å². The summed E-state index contributed by atoms with van der Waals surface area (Å²) in [5.74, 6) is 1.69. The maximum Gasteiger partial charge on any atom is 0.147 e. The van der Waals surface area contributed by atoms with E-state index in [0.717, 1.165) is 38.4 Å². The van der Waals surface area contributed by atoms with Gasteiger partial charge in [-0.2, -0.15) is 5.26 Å². The molecule has 0 spiro atoms. The van der Waals surface area contributed by atoms with Crippen molar-refractivity contribution in [1.82, 2.24) is 19.7 Å². The Labute approximate surface area is 123 Å². The van der Waals surface area contributed by atoms with Crippen molar-refractivity contribution in [1.29, 1.82) is 5.26 Å². The minimum atomic E-state index is 0.587. The van der Waals surface area contributed by atoms with Crippen molar-refractivity contribution in [3.63, 3.8) is 0 Å². The fourth-order valence-corrected chi connectivity index (χ4v) is 2.46. The number of nitrogens with zero attached hydrogens (tertiary/aromatic N) is 5. The lowest BCUT2D eigenvalue weighted by molar-refractivity contribution is 0.195. The van der Waals surface area contributed by atoms with E-state index < -0.39 is 0 Å². The van der Waals surface area contributed by atoms with Gasteiger partial charge in [0.05, 0.1) is 18.7 Å². The third-order valence-electron chi connectivity index (χ3n) is 3.60. The molecule has 108 valence electrons. The van der Waals surface area contributed by atoms with Crippen LogP contribution in [0, 0.1) is 11.3 Å². The Morgan fingerprint density at radius 3 is 3.10 bits per heavy atom. The first kappa shape index (κ1) is 13.6. The molecule has 2 aromatic rings. The van der Waals surface area contributed by atoms with Crippen LogP contribution in [0.1, 0.15) is 17.8 Å². The zero-order chi connectivity index (χ0) is 14.5. The molecule has 0 saturated carbocycles. The Morgan fingerprint density at radius 1 is 1.29 bits per heavy atom. The lowest BCUT2D eigenvalue weighted by Crippen LogP contribution is -2.34. The van der Waals surface area contributed by atoms with Gasteiger partial charge >= 0.3 is 0 Å². The number of para-hydroxylation sites is 1. The summed E-state index contributed by atoms with van der Waals surface area (Å²) < 4.78 is 7.78. The van der Waals surface area contributed by atoms with Crippen LogP contribution in [-0.4, -0.2) is 39.4 Å². The van der Waals surface area contributed by atoms with Gasteiger partial charge in [-0.15, -0.1) is 10.2 Å². The zero-order valence-corrected chi connectivity index (χ0v) is 11.8. The normalized spacial score (nSPS) is 14.4. The molecular formula is C15H17N5O. The topological polar surface area (TPSA) is 67.0 Å². The molecule has 6 heteroatoms. The Kier molecular flexibility index (Phi) is 4.12. The van der Waals surface area contributed by atoms with Crippen LogP contribution in [-0.2, 0) is 13.1 Å². The summed E-state index contributed by atoms with van der Waals surface area (Å²) in [6, 6.07) is 9.47. The van der Waals surface area contributed by atoms with Crippen molar-refractivity contribution in [2.75, 3.05) is 19.7 Å². The van der Waals surface area contributed by atoms with Crippen molar-refractivity contribution >= 4 is 0 Å². The summed E-state index contributed by atoms with van der Waals surface area (Å²) in [4.78, 5) is 2.35. The Hall–Kier alpha value is -2.39. The van der Waals surface area contributed by atoms with Gasteiger partial charge in [-0.05, 0) is 18.6 Å². The summed E-state index contributed by atoms with van der Waals surface area (Å²) in [6.45, 7) is 4.37. The van der Waals surface area contributed by atoms with E-state index in [9.17, 15) is 0 Å². The number of hydrogen-bond acceptors (Lipinski definition) is 5. The molecule has 21 heavy (non-hydrogen) atoms. The standard InChI is InChI=1S/C15H17N5O/c16-10-13-4-1-2-5-14(13)21-9-3-6-19-7-8-20-12-17-18-15(20)11-19/h1-2,4-5,12H,3,6-9,11H2. The number of benzene rings is 1. The van der Waals surface area contributed by atoms with Crippen molar-refractivity contribution in [3.05, 3.63) is 42.0 Å². The predicted molar refractivity (Wildman–Crippen MR) is 76.6 cm³/mol. The van der Waals surface area contributed by atoms with Crippen LogP contribution in [0.2, 0.25) is 0 Å². The Bertz CT molecular complexity index is 646. The summed E-state index contributed by atoms with van der Waals surface area (Å²) in [5.41, 5.74) is 0.587. The molecule has 1 aromatic carbocycles. The van der Waals surface area contributed by atoms with E-state index in [2.05, 4.69) is 25.7 Å². The van der Waals surface area contributed by atoms with E-state index in [1.54, 1.807) is 12.4 Å². The second-order valence-corrected chi connectivity index (χ2v) is 5.03. The average Bonchev–Trinajstić information content (AvgIpc) is 2.99. The quantitative estimate of drug-likeness (QED) is 0.777. The van der Waals surface area contributed by atoms with Gasteiger partial charge in [0.15, 0.2) is 0 Å². The Balaban J connectivity index is 1.44. The lowest BCUT2D eigenvalue weighted by atomic mass is 10.2. The number of aromatic nitrogens is 3. The zero-order valence-electron chi connectivity index (χ0n) is 11.8. The molecule has 2 heterocycles. The molecule has 0 fully saturated rings. The van der Waals surface area contributed by atoms with Gasteiger partial charge in [-0.3, -0.25) is 4.90 Å². The summed E-state index contributed by atoms with van der Waals surface area (Å²) in [6.07, 6.45) is 2.71. The van der Waals surface area contributed by atoms with E-state index >= 15 is 0 Å². The highest BCUT2D eigenvalue weighted by Gasteiger charge is 2.16. The molecule has 1 aromatic heterocycles. The SMILES string of the molecule is N#Cc1ccccc1OCCCN1CCn2cnnc2C1. The average molecular weight is 283 g/mol. The van der Waals surface area contributed by atoms with Gasteiger partial charge in [0.1, 0.15) is 24.0 Å². The van der Waals surface area contributed by atoms with Gasteiger partial charge < -0.3 is 9.30 Å². The van der Waals surface area contributed by atoms with E-state index in [-0.39, 0.29) is 0 Å². The van der Waals surface area contributed by atoms with Crippen LogP contribution in [0.3, 0.4) is 0 Å². The predicted octanol–water partition coefficient (Wildman–Crippen LogP) is 1.43. The van der Waals surface area contributed by atoms with Crippen LogP contribution in [0.5, 0.6) is 5.75 Å². The molecule has 0 bridgehead atoms. The second kappa shape index (κ2) is 6.37. The van der Waals surface area contributed by atoms with E-state index in [0.29, 0.717) is 17.9 Å². The van der Waals surface area contributed by atoms with Crippen LogP contribution in [0.15, 0.2) is 30.6 Å². The highest BCUT2D eigenvalue weighted by molar-refractivity contribution is 5.42. The van der Waals surface area contributed by atoms with Crippen molar-refractivity contribution < 1.29 is 4.74 Å². The third kappa shape index (κ3) is 3.20. The molecule has 0 saturated heterocycles. The molecule has 0 N–H and O–H groups in total. The summed E-state index contributed by atoms with van der Waals surface area (Å²) in [7, 11) is 0. The number of nitriles is 1. The summed E-state index contributed by atoms with van der Waals surface area (Å²) >= 11 is 0. The van der Waals surface area contributed by atoms with E-state index in [1.807, 2.05) is 18.2 Å². The van der Waals surface area contributed by atoms with Gasteiger partial charge in [0.2, 0.25) is 0 Å².